The average molecular weight is 745 g/mol. The first-order chi connectivity index (χ1) is 26.3. The van der Waals surface area contributed by atoms with E-state index in [1.54, 1.807) is 28.4 Å². The molecule has 0 radical (unpaired) electrons. The fourth-order valence-corrected chi connectivity index (χ4v) is 6.86. The van der Waals surface area contributed by atoms with Gasteiger partial charge in [-0.3, -0.25) is 0 Å². The maximum Gasteiger partial charge on any atom is 0.132 e. The highest BCUT2D eigenvalue weighted by molar-refractivity contribution is 5.80. The minimum atomic E-state index is 0.370. The van der Waals surface area contributed by atoms with Gasteiger partial charge in [0.05, 0.1) is 108 Å². The van der Waals surface area contributed by atoms with Crippen LogP contribution in [0.2, 0.25) is 0 Å². The van der Waals surface area contributed by atoms with Gasteiger partial charge in [0.1, 0.15) is 23.0 Å². The zero-order chi connectivity index (χ0) is 38.5. The summed E-state index contributed by atoms with van der Waals surface area (Å²) in [4.78, 5) is 0. The van der Waals surface area contributed by atoms with Crippen molar-refractivity contribution in [2.24, 2.45) is 0 Å². The van der Waals surface area contributed by atoms with Gasteiger partial charge in [-0.25, -0.2) is 0 Å². The third-order valence-corrected chi connectivity index (χ3v) is 9.30. The normalized spacial score (nSPS) is 15.6. The number of hydrogen-bond donors (Lipinski definition) is 0. The number of hydrogen-bond acceptors (Lipinski definition) is 10. The van der Waals surface area contributed by atoms with Crippen molar-refractivity contribution in [2.45, 2.75) is 54.1 Å². The van der Waals surface area contributed by atoms with Gasteiger partial charge in [-0.1, -0.05) is 18.2 Å². The van der Waals surface area contributed by atoms with Gasteiger partial charge in [-0.2, -0.15) is 0 Å². The van der Waals surface area contributed by atoms with E-state index in [0.717, 1.165) is 89.8 Å². The quantitative estimate of drug-likeness (QED) is 0.191. The molecule has 0 aliphatic carbocycles. The van der Waals surface area contributed by atoms with Gasteiger partial charge in [-0.05, 0) is 85.8 Å². The summed E-state index contributed by atoms with van der Waals surface area (Å²) in [7, 11) is 6.74. The molecule has 292 valence electrons. The van der Waals surface area contributed by atoms with Gasteiger partial charge >= 0.3 is 0 Å². The van der Waals surface area contributed by atoms with Gasteiger partial charge in [0, 0.05) is 38.9 Å². The maximum absolute atomic E-state index is 6.08. The average Bonchev–Trinajstić information content (AvgIpc) is 3.15. The Morgan fingerprint density at radius 3 is 1.04 bits per heavy atom. The highest BCUT2D eigenvalue weighted by Gasteiger charge is 2.21. The largest absolute Gasteiger partial charge is 0.496 e. The summed E-state index contributed by atoms with van der Waals surface area (Å²) >= 11 is 0. The molecule has 0 aromatic heterocycles. The van der Waals surface area contributed by atoms with Crippen molar-refractivity contribution in [3.05, 3.63) is 93.0 Å². The molecule has 0 saturated carbocycles. The van der Waals surface area contributed by atoms with Crippen LogP contribution in [0.1, 0.15) is 44.5 Å². The number of fused-ring (bicyclic) bond motifs is 18. The molecule has 6 rings (SSSR count). The highest BCUT2D eigenvalue weighted by atomic mass is 16.6. The summed E-state index contributed by atoms with van der Waals surface area (Å²) in [5.74, 6) is 2.99. The van der Waals surface area contributed by atoms with Crippen LogP contribution in [0.3, 0.4) is 0 Å². The van der Waals surface area contributed by atoms with Crippen LogP contribution in [0, 0.1) is 27.7 Å². The van der Waals surface area contributed by atoms with Crippen LogP contribution < -0.4 is 18.9 Å². The van der Waals surface area contributed by atoms with Gasteiger partial charge in [0.15, 0.2) is 0 Å². The van der Waals surface area contributed by atoms with Crippen LogP contribution in [0.15, 0.2) is 48.5 Å². The predicted octanol–water partition coefficient (Wildman–Crippen LogP) is 8.10. The topological polar surface area (TPSA) is 92.3 Å². The Kier molecular flexibility index (Phi) is 15.6. The first-order valence-corrected chi connectivity index (χ1v) is 18.4. The fraction of sp³-hybridized carbons (Fsp3) is 0.455. The molecule has 54 heavy (non-hydrogen) atoms. The summed E-state index contributed by atoms with van der Waals surface area (Å²) in [6.07, 6.45) is 0. The molecule has 4 aromatic rings. The number of ether oxygens (including phenoxy) is 10. The molecule has 10 nitrogen and oxygen atoms in total. The Balaban J connectivity index is 1.35. The van der Waals surface area contributed by atoms with Gasteiger partial charge in [0.25, 0.3) is 0 Å². The Labute approximate surface area is 320 Å². The van der Waals surface area contributed by atoms with Crippen LogP contribution in [0.25, 0.3) is 22.3 Å². The third-order valence-electron chi connectivity index (χ3n) is 9.30. The van der Waals surface area contributed by atoms with E-state index >= 15 is 0 Å². The van der Waals surface area contributed by atoms with Crippen LogP contribution in [-0.4, -0.2) is 81.3 Å². The summed E-state index contributed by atoms with van der Waals surface area (Å²) in [6, 6.07) is 16.8. The number of methoxy groups -OCH3 is 4. The molecule has 2 heterocycles. The van der Waals surface area contributed by atoms with Crippen molar-refractivity contribution in [1.82, 2.24) is 0 Å². The third kappa shape index (κ3) is 10.5. The monoisotopic (exact) mass is 744 g/mol. The molecule has 0 fully saturated rings. The maximum atomic E-state index is 6.08. The van der Waals surface area contributed by atoms with Crippen LogP contribution in [-0.2, 0) is 54.8 Å². The van der Waals surface area contributed by atoms with E-state index in [9.17, 15) is 0 Å². The van der Waals surface area contributed by atoms with Crippen molar-refractivity contribution in [1.29, 1.82) is 0 Å². The van der Waals surface area contributed by atoms with Gasteiger partial charge in [-0.15, -0.1) is 0 Å². The molecular weight excluding hydrogens is 688 g/mol. The summed E-state index contributed by atoms with van der Waals surface area (Å²) in [5, 5.41) is 0. The lowest BCUT2D eigenvalue weighted by Crippen LogP contribution is -2.10. The second-order valence-corrected chi connectivity index (χ2v) is 13.4. The Morgan fingerprint density at radius 1 is 0.352 bits per heavy atom. The minimum Gasteiger partial charge on any atom is -0.496 e. The SMILES string of the molecule is COc1cc2c(C)cc1-c1cc(C)cc(c1OC)COCCOCCOCc1cc(C)cc(c1OC)-c1cc(C)cc(c1OC)COCCOCCOC2. The van der Waals surface area contributed by atoms with E-state index in [2.05, 4.69) is 70.2 Å². The number of rotatable bonds is 4. The molecule has 4 aromatic carbocycles. The van der Waals surface area contributed by atoms with Crippen molar-refractivity contribution < 1.29 is 47.4 Å². The lowest BCUT2D eigenvalue weighted by molar-refractivity contribution is 0.00653. The van der Waals surface area contributed by atoms with E-state index in [0.29, 0.717) is 79.3 Å². The van der Waals surface area contributed by atoms with Crippen LogP contribution in [0.4, 0.5) is 0 Å². The lowest BCUT2D eigenvalue weighted by atomic mass is 9.94. The zero-order valence-electron chi connectivity index (χ0n) is 33.2. The molecule has 10 heteroatoms. The highest BCUT2D eigenvalue weighted by Crippen LogP contribution is 2.43. The Bertz CT molecular complexity index is 1840. The summed E-state index contributed by atoms with van der Waals surface area (Å²) in [6.45, 7) is 13.3. The molecule has 0 saturated heterocycles. The molecule has 2 aliphatic heterocycles. The summed E-state index contributed by atoms with van der Waals surface area (Å²) < 4.78 is 59.8. The van der Waals surface area contributed by atoms with Gasteiger partial charge < -0.3 is 47.4 Å². The lowest BCUT2D eigenvalue weighted by Gasteiger charge is -2.20. The number of aryl methyl sites for hydroxylation is 4. The molecule has 8 bridgehead atoms. The molecule has 2 aliphatic rings. The van der Waals surface area contributed by atoms with Crippen LogP contribution in [0.5, 0.6) is 23.0 Å². The fourth-order valence-electron chi connectivity index (χ4n) is 6.86. The smallest absolute Gasteiger partial charge is 0.132 e. The molecule has 0 unspecified atom stereocenters. The molecule has 0 atom stereocenters. The second-order valence-electron chi connectivity index (χ2n) is 13.4. The van der Waals surface area contributed by atoms with Crippen molar-refractivity contribution in [2.75, 3.05) is 81.3 Å². The Morgan fingerprint density at radius 2 is 0.685 bits per heavy atom. The minimum absolute atomic E-state index is 0.370. The molecular formula is C44H56O10. The Hall–Kier alpha value is -4.16. The number of benzene rings is 4. The standard InChI is InChI=1S/C44H56O10/c1-29-17-34-26-52-14-11-50-12-16-54-28-36-19-31(3)22-40(44(36)48-8)39-21-30(2)18-35(43(39)47-7)27-53-15-10-49-9-13-51-25-33-24-41(45-5)37(23-32(33)4)38(20-29)42(34)46-6/h17-24H,9-16,25-28H2,1-8H3. The second kappa shape index (κ2) is 20.5. The first kappa shape index (κ1) is 41.0. The van der Waals surface area contributed by atoms with Crippen molar-refractivity contribution in [3.63, 3.8) is 0 Å². The first-order valence-electron chi connectivity index (χ1n) is 18.4. The predicted molar refractivity (Wildman–Crippen MR) is 209 cm³/mol. The van der Waals surface area contributed by atoms with Crippen molar-refractivity contribution >= 4 is 0 Å². The van der Waals surface area contributed by atoms with E-state index in [-0.39, 0.29) is 0 Å². The van der Waals surface area contributed by atoms with E-state index in [1.165, 1.54) is 0 Å². The molecule has 0 N–H and O–H groups in total. The van der Waals surface area contributed by atoms with E-state index in [1.807, 2.05) is 6.07 Å². The van der Waals surface area contributed by atoms with Crippen molar-refractivity contribution in [3.8, 4) is 45.3 Å². The molecule has 0 spiro atoms. The zero-order valence-corrected chi connectivity index (χ0v) is 33.2. The van der Waals surface area contributed by atoms with Gasteiger partial charge in [0.2, 0.25) is 0 Å². The summed E-state index contributed by atoms with van der Waals surface area (Å²) in [5.41, 5.74) is 12.0. The van der Waals surface area contributed by atoms with E-state index in [4.69, 9.17) is 47.4 Å². The van der Waals surface area contributed by atoms with E-state index < -0.39 is 0 Å². The van der Waals surface area contributed by atoms with Crippen LogP contribution >= 0.6 is 0 Å². The molecule has 0 amide bonds.